The Hall–Kier alpha value is 1.54. The Kier molecular flexibility index (Phi) is 25.4. The third-order valence-corrected chi connectivity index (χ3v) is 0. The van der Waals surface area contributed by atoms with Crippen LogP contribution in [0, 0.1) is 0 Å². The van der Waals surface area contributed by atoms with Gasteiger partial charge in [-0.2, -0.15) is 0 Å². The monoisotopic (exact) mass is 118 g/mol. The van der Waals surface area contributed by atoms with E-state index in [2.05, 4.69) is 0 Å². The second-order valence-corrected chi connectivity index (χ2v) is 0.346. The Balaban J connectivity index is -0.0000000450. The van der Waals surface area contributed by atoms with Crippen molar-refractivity contribution in [2.24, 2.45) is 0 Å². The van der Waals surface area contributed by atoms with Crippen LogP contribution in [0.3, 0.4) is 0 Å². The SMILES string of the molecule is OB(O)O.[K+].[OH-]. The molecule has 0 fully saturated rings. The summed E-state index contributed by atoms with van der Waals surface area (Å²) in [5.41, 5.74) is 0. The van der Waals surface area contributed by atoms with E-state index in [1.165, 1.54) is 0 Å². The van der Waals surface area contributed by atoms with Gasteiger partial charge < -0.3 is 20.5 Å². The van der Waals surface area contributed by atoms with Gasteiger partial charge in [-0.3, -0.25) is 0 Å². The Morgan fingerprint density at radius 3 is 1.00 bits per heavy atom. The van der Waals surface area contributed by atoms with E-state index in [1.54, 1.807) is 0 Å². The number of hydrogen-bond acceptors (Lipinski definition) is 4. The summed E-state index contributed by atoms with van der Waals surface area (Å²) in [6.07, 6.45) is 0. The normalized spacial score (nSPS) is 4.50. The molecule has 0 aliphatic rings. The van der Waals surface area contributed by atoms with Crippen molar-refractivity contribution in [3.8, 4) is 0 Å². The first kappa shape index (κ1) is 15.6. The van der Waals surface area contributed by atoms with Crippen molar-refractivity contribution < 1.29 is 71.9 Å². The van der Waals surface area contributed by atoms with E-state index in [1.807, 2.05) is 0 Å². The quantitative estimate of drug-likeness (QED) is 0.277. The molecular weight excluding hydrogens is 114 g/mol. The maximum absolute atomic E-state index is 7.17. The van der Waals surface area contributed by atoms with Gasteiger partial charge in [0.15, 0.2) is 0 Å². The largest absolute Gasteiger partial charge is 1.00 e. The summed E-state index contributed by atoms with van der Waals surface area (Å²) in [7, 11) is -2.17. The molecule has 0 saturated heterocycles. The van der Waals surface area contributed by atoms with Gasteiger partial charge in [0.2, 0.25) is 0 Å². The van der Waals surface area contributed by atoms with Crippen LogP contribution < -0.4 is 51.4 Å². The second-order valence-electron chi connectivity index (χ2n) is 0.346. The summed E-state index contributed by atoms with van der Waals surface area (Å²) < 4.78 is 0. The van der Waals surface area contributed by atoms with Crippen LogP contribution in [0.15, 0.2) is 0 Å². The van der Waals surface area contributed by atoms with Crippen molar-refractivity contribution in [2.45, 2.75) is 0 Å². The molecule has 0 amide bonds. The van der Waals surface area contributed by atoms with Crippen LogP contribution >= 0.6 is 0 Å². The number of rotatable bonds is 0. The molecular formula is H4BKO4. The fraction of sp³-hybridized carbons (Fsp3) is 0. The first-order valence-electron chi connectivity index (χ1n) is 0.775. The molecule has 4 nitrogen and oxygen atoms in total. The molecule has 0 aromatic rings. The third kappa shape index (κ3) is 48.1. The zero-order valence-corrected chi connectivity index (χ0v) is 6.49. The fourth-order valence-corrected chi connectivity index (χ4v) is 0. The van der Waals surface area contributed by atoms with E-state index in [9.17, 15) is 0 Å². The van der Waals surface area contributed by atoms with Gasteiger partial charge in [0.25, 0.3) is 0 Å². The summed E-state index contributed by atoms with van der Waals surface area (Å²) >= 11 is 0. The van der Waals surface area contributed by atoms with Crippen LogP contribution in [0.1, 0.15) is 0 Å². The van der Waals surface area contributed by atoms with Crippen molar-refractivity contribution in [3.05, 3.63) is 0 Å². The van der Waals surface area contributed by atoms with Gasteiger partial charge in [-0.05, 0) is 0 Å². The van der Waals surface area contributed by atoms with E-state index >= 15 is 0 Å². The smallest absolute Gasteiger partial charge is 0.870 e. The Morgan fingerprint density at radius 2 is 1.00 bits per heavy atom. The van der Waals surface area contributed by atoms with Crippen LogP contribution in [0.2, 0.25) is 0 Å². The van der Waals surface area contributed by atoms with E-state index in [0.717, 1.165) is 0 Å². The molecule has 0 bridgehead atoms. The van der Waals surface area contributed by atoms with Crippen molar-refractivity contribution >= 4 is 7.32 Å². The standard InChI is InChI=1S/BH3O3.K.H2O/c2-1(3)4;;/h2-4H;;1H2/q;+1;/p-1. The van der Waals surface area contributed by atoms with Crippen LogP contribution in [-0.4, -0.2) is 27.9 Å². The topological polar surface area (TPSA) is 90.7 Å². The summed E-state index contributed by atoms with van der Waals surface area (Å²) in [6.45, 7) is 0. The fourth-order valence-electron chi connectivity index (χ4n) is 0. The minimum absolute atomic E-state index is 0. The molecule has 0 spiro atoms. The second kappa shape index (κ2) is 9.74. The average Bonchev–Trinajstić information content (AvgIpc) is 0.811. The Labute approximate surface area is 78.1 Å². The third-order valence-electron chi connectivity index (χ3n) is 0. The van der Waals surface area contributed by atoms with Gasteiger partial charge in [0.1, 0.15) is 0 Å². The summed E-state index contributed by atoms with van der Waals surface area (Å²) in [4.78, 5) is 0. The summed E-state index contributed by atoms with van der Waals surface area (Å²) in [5.74, 6) is 0. The van der Waals surface area contributed by atoms with Crippen LogP contribution in [0.25, 0.3) is 0 Å². The zero-order chi connectivity index (χ0) is 3.58. The van der Waals surface area contributed by atoms with Crippen LogP contribution in [0.5, 0.6) is 0 Å². The summed E-state index contributed by atoms with van der Waals surface area (Å²) in [6, 6.07) is 0. The first-order valence-corrected chi connectivity index (χ1v) is 0.775. The van der Waals surface area contributed by atoms with Crippen molar-refractivity contribution in [2.75, 3.05) is 0 Å². The van der Waals surface area contributed by atoms with Gasteiger partial charge >= 0.3 is 58.7 Å². The number of hydrogen-bond donors (Lipinski definition) is 3. The molecule has 32 valence electrons. The molecule has 6 heteroatoms. The molecule has 0 atom stereocenters. The van der Waals surface area contributed by atoms with Gasteiger partial charge in [-0.15, -0.1) is 0 Å². The molecule has 0 heterocycles. The van der Waals surface area contributed by atoms with Crippen LogP contribution in [-0.2, 0) is 0 Å². The van der Waals surface area contributed by atoms with E-state index in [-0.39, 0.29) is 56.9 Å². The molecule has 6 heavy (non-hydrogen) atoms. The van der Waals surface area contributed by atoms with Crippen molar-refractivity contribution in [1.29, 1.82) is 0 Å². The first-order chi connectivity index (χ1) is 1.73. The predicted molar refractivity (Wildman–Crippen MR) is 14.3 cm³/mol. The molecule has 0 aliphatic heterocycles. The Morgan fingerprint density at radius 1 is 1.00 bits per heavy atom. The van der Waals surface area contributed by atoms with Gasteiger partial charge in [-0.25, -0.2) is 0 Å². The minimum Gasteiger partial charge on any atom is -0.870 e. The predicted octanol–water partition coefficient (Wildman–Crippen LogP) is -5.22. The molecule has 0 aromatic carbocycles. The van der Waals surface area contributed by atoms with Gasteiger partial charge in [0.05, 0.1) is 0 Å². The molecule has 0 unspecified atom stereocenters. The minimum atomic E-state index is -2.17. The van der Waals surface area contributed by atoms with E-state index < -0.39 is 7.32 Å². The molecule has 0 radical (unpaired) electrons. The molecule has 0 saturated carbocycles. The Bertz CT molecular complexity index is 12.3. The van der Waals surface area contributed by atoms with Crippen molar-refractivity contribution in [3.63, 3.8) is 0 Å². The molecule has 0 rings (SSSR count). The van der Waals surface area contributed by atoms with E-state index in [4.69, 9.17) is 15.1 Å². The van der Waals surface area contributed by atoms with Crippen molar-refractivity contribution in [1.82, 2.24) is 0 Å². The summed E-state index contributed by atoms with van der Waals surface area (Å²) in [5, 5.41) is 21.5. The molecule has 0 aliphatic carbocycles. The van der Waals surface area contributed by atoms with Crippen LogP contribution in [0.4, 0.5) is 0 Å². The van der Waals surface area contributed by atoms with E-state index in [0.29, 0.717) is 0 Å². The molecule has 0 aromatic heterocycles. The van der Waals surface area contributed by atoms with Gasteiger partial charge in [0, 0.05) is 0 Å². The maximum atomic E-state index is 7.17. The maximum Gasteiger partial charge on any atom is 1.00 e. The molecule has 4 N–H and O–H groups in total. The zero-order valence-electron chi connectivity index (χ0n) is 3.37. The van der Waals surface area contributed by atoms with Gasteiger partial charge in [-0.1, -0.05) is 0 Å². The average molecular weight is 118 g/mol.